The van der Waals surface area contributed by atoms with E-state index in [-0.39, 0.29) is 24.2 Å². The summed E-state index contributed by atoms with van der Waals surface area (Å²) < 4.78 is 5.06. The average molecular weight is 370 g/mol. The van der Waals surface area contributed by atoms with Gasteiger partial charge >= 0.3 is 0 Å². The number of anilines is 2. The number of nitrogens with two attached hydrogens (primary N) is 1. The van der Waals surface area contributed by atoms with Gasteiger partial charge in [0.1, 0.15) is 5.75 Å². The first-order chi connectivity index (χ1) is 11.1. The number of hydrogen-bond acceptors (Lipinski definition) is 5. The molecular formula is C16H20ClN3O3S. The van der Waals surface area contributed by atoms with Crippen LogP contribution >= 0.6 is 23.7 Å². The maximum atomic E-state index is 11.9. The van der Waals surface area contributed by atoms with Crippen LogP contribution in [0.15, 0.2) is 35.0 Å². The fraction of sp³-hybridized carbons (Fsp3) is 0.250. The minimum absolute atomic E-state index is 0. The van der Waals surface area contributed by atoms with Crippen LogP contribution in [0.2, 0.25) is 0 Å². The molecule has 0 aliphatic heterocycles. The summed E-state index contributed by atoms with van der Waals surface area (Å²) >= 11 is 1.47. The predicted molar refractivity (Wildman–Crippen MR) is 99.2 cm³/mol. The molecule has 0 saturated heterocycles. The third kappa shape index (κ3) is 5.75. The number of benzene rings is 1. The van der Waals surface area contributed by atoms with Crippen LogP contribution in [-0.4, -0.2) is 25.5 Å². The lowest BCUT2D eigenvalue weighted by molar-refractivity contribution is -0.116. The highest BCUT2D eigenvalue weighted by Crippen LogP contribution is 2.24. The molecule has 0 aliphatic carbocycles. The molecule has 2 aromatic rings. The largest absolute Gasteiger partial charge is 0.495 e. The van der Waals surface area contributed by atoms with Crippen LogP contribution in [0.25, 0.3) is 0 Å². The molecular weight excluding hydrogens is 350 g/mol. The molecule has 0 spiro atoms. The molecule has 2 amide bonds. The summed E-state index contributed by atoms with van der Waals surface area (Å²) in [6, 6.07) is 6.84. The van der Waals surface area contributed by atoms with Gasteiger partial charge in [0.25, 0.3) is 5.91 Å². The zero-order chi connectivity index (χ0) is 16.7. The number of ether oxygens (including phenoxy) is 1. The van der Waals surface area contributed by atoms with E-state index in [1.54, 1.807) is 29.6 Å². The standard InChI is InChI=1S/C16H19N3O3S.ClH/c1-22-14-5-4-12(9-13(14)17)19-15(20)3-2-7-18-16(21)11-6-8-23-10-11;/h4-6,8-10H,2-3,7,17H2,1H3,(H,18,21)(H,19,20);1H. The highest BCUT2D eigenvalue weighted by molar-refractivity contribution is 7.08. The van der Waals surface area contributed by atoms with Gasteiger partial charge in [0.2, 0.25) is 5.91 Å². The van der Waals surface area contributed by atoms with Crippen molar-refractivity contribution in [1.29, 1.82) is 0 Å². The van der Waals surface area contributed by atoms with Crippen molar-refractivity contribution >= 4 is 46.9 Å². The fourth-order valence-corrected chi connectivity index (χ4v) is 2.62. The predicted octanol–water partition coefficient (Wildman–Crippen LogP) is 2.91. The molecule has 0 unspecified atom stereocenters. The van der Waals surface area contributed by atoms with Gasteiger partial charge in [0.05, 0.1) is 12.8 Å². The van der Waals surface area contributed by atoms with E-state index < -0.39 is 0 Å². The SMILES string of the molecule is COc1ccc(NC(=O)CCCNC(=O)c2ccsc2)cc1N.Cl. The van der Waals surface area contributed by atoms with Crippen molar-refractivity contribution in [3.63, 3.8) is 0 Å². The second-order valence-electron chi connectivity index (χ2n) is 4.88. The zero-order valence-corrected chi connectivity index (χ0v) is 14.8. The second kappa shape index (κ2) is 9.79. The molecule has 24 heavy (non-hydrogen) atoms. The van der Waals surface area contributed by atoms with Gasteiger partial charge < -0.3 is 21.1 Å². The highest BCUT2D eigenvalue weighted by Gasteiger charge is 2.07. The number of carbonyl (C=O) groups excluding carboxylic acids is 2. The topological polar surface area (TPSA) is 93.5 Å². The van der Waals surface area contributed by atoms with E-state index in [2.05, 4.69) is 10.6 Å². The molecule has 0 bridgehead atoms. The van der Waals surface area contributed by atoms with Crippen molar-refractivity contribution in [3.8, 4) is 5.75 Å². The van der Waals surface area contributed by atoms with E-state index >= 15 is 0 Å². The highest BCUT2D eigenvalue weighted by atomic mass is 35.5. The van der Waals surface area contributed by atoms with Gasteiger partial charge in [-0.15, -0.1) is 12.4 Å². The molecule has 0 saturated carbocycles. The molecule has 1 aromatic heterocycles. The lowest BCUT2D eigenvalue weighted by Crippen LogP contribution is -2.25. The van der Waals surface area contributed by atoms with Crippen molar-refractivity contribution in [2.45, 2.75) is 12.8 Å². The fourth-order valence-electron chi connectivity index (χ4n) is 1.98. The molecule has 8 heteroatoms. The third-order valence-corrected chi connectivity index (χ3v) is 3.85. The third-order valence-electron chi connectivity index (χ3n) is 3.16. The molecule has 4 N–H and O–H groups in total. The minimum Gasteiger partial charge on any atom is -0.495 e. The quantitative estimate of drug-likeness (QED) is 0.516. The monoisotopic (exact) mass is 369 g/mol. The van der Waals surface area contributed by atoms with Crippen molar-refractivity contribution in [3.05, 3.63) is 40.6 Å². The number of rotatable bonds is 7. The number of hydrogen-bond donors (Lipinski definition) is 3. The van der Waals surface area contributed by atoms with Crippen LogP contribution in [-0.2, 0) is 4.79 Å². The Morgan fingerprint density at radius 1 is 1.29 bits per heavy atom. The summed E-state index contributed by atoms with van der Waals surface area (Å²) in [6.45, 7) is 0.451. The molecule has 130 valence electrons. The molecule has 0 aliphatic rings. The molecule has 6 nitrogen and oxygen atoms in total. The normalized spacial score (nSPS) is 9.71. The van der Waals surface area contributed by atoms with Crippen molar-refractivity contribution in [2.75, 3.05) is 24.7 Å². The Balaban J connectivity index is 0.00000288. The van der Waals surface area contributed by atoms with Gasteiger partial charge in [0, 0.05) is 29.6 Å². The Hall–Kier alpha value is -2.25. The van der Waals surface area contributed by atoms with Crippen LogP contribution in [0.5, 0.6) is 5.75 Å². The number of nitrogens with one attached hydrogen (secondary N) is 2. The van der Waals surface area contributed by atoms with Gasteiger partial charge in [-0.25, -0.2) is 0 Å². The van der Waals surface area contributed by atoms with Crippen molar-refractivity contribution in [1.82, 2.24) is 5.32 Å². The first-order valence-electron chi connectivity index (χ1n) is 7.14. The Labute approximate surface area is 150 Å². The first-order valence-corrected chi connectivity index (χ1v) is 8.08. The van der Waals surface area contributed by atoms with E-state index in [9.17, 15) is 9.59 Å². The summed E-state index contributed by atoms with van der Waals surface area (Å²) in [4.78, 5) is 23.6. The van der Waals surface area contributed by atoms with Crippen LogP contribution < -0.4 is 21.1 Å². The molecule has 0 radical (unpaired) electrons. The number of methoxy groups -OCH3 is 1. The van der Waals surface area contributed by atoms with Gasteiger partial charge in [0.15, 0.2) is 0 Å². The first kappa shape index (κ1) is 19.8. The van der Waals surface area contributed by atoms with E-state index in [4.69, 9.17) is 10.5 Å². The maximum absolute atomic E-state index is 11.9. The van der Waals surface area contributed by atoms with Crippen molar-refractivity contribution in [2.24, 2.45) is 0 Å². The number of thiophene rings is 1. The van der Waals surface area contributed by atoms with Gasteiger partial charge in [-0.1, -0.05) is 0 Å². The van der Waals surface area contributed by atoms with E-state index in [1.807, 2.05) is 5.38 Å². The lowest BCUT2D eigenvalue weighted by Gasteiger charge is -2.09. The smallest absolute Gasteiger partial charge is 0.252 e. The average Bonchev–Trinajstić information content (AvgIpc) is 3.06. The summed E-state index contributed by atoms with van der Waals surface area (Å²) in [5, 5.41) is 9.18. The summed E-state index contributed by atoms with van der Waals surface area (Å²) in [5.41, 5.74) is 7.52. The summed E-state index contributed by atoms with van der Waals surface area (Å²) in [7, 11) is 1.54. The minimum atomic E-state index is -0.126. The van der Waals surface area contributed by atoms with Crippen LogP contribution in [0.4, 0.5) is 11.4 Å². The molecule has 2 rings (SSSR count). The summed E-state index contributed by atoms with van der Waals surface area (Å²) in [5.74, 6) is 0.327. The molecule has 1 heterocycles. The van der Waals surface area contributed by atoms with E-state index in [0.29, 0.717) is 42.1 Å². The maximum Gasteiger partial charge on any atom is 0.252 e. The van der Waals surface area contributed by atoms with Crippen LogP contribution in [0.1, 0.15) is 23.2 Å². The van der Waals surface area contributed by atoms with Crippen molar-refractivity contribution < 1.29 is 14.3 Å². The molecule has 0 fully saturated rings. The van der Waals surface area contributed by atoms with Gasteiger partial charge in [-0.05, 0) is 36.1 Å². The summed E-state index contributed by atoms with van der Waals surface area (Å²) in [6.07, 6.45) is 0.878. The Kier molecular flexibility index (Phi) is 8.08. The molecule has 0 atom stereocenters. The van der Waals surface area contributed by atoms with Gasteiger partial charge in [-0.3, -0.25) is 9.59 Å². The number of carbonyl (C=O) groups is 2. The Morgan fingerprint density at radius 3 is 2.71 bits per heavy atom. The van der Waals surface area contributed by atoms with Crippen LogP contribution in [0.3, 0.4) is 0 Å². The number of halogens is 1. The Bertz CT molecular complexity index is 677. The van der Waals surface area contributed by atoms with E-state index in [0.717, 1.165) is 0 Å². The number of amides is 2. The molecule has 1 aromatic carbocycles. The second-order valence-corrected chi connectivity index (χ2v) is 5.66. The number of nitrogen functional groups attached to an aromatic ring is 1. The Morgan fingerprint density at radius 2 is 2.08 bits per heavy atom. The lowest BCUT2D eigenvalue weighted by atomic mass is 10.2. The van der Waals surface area contributed by atoms with E-state index in [1.165, 1.54) is 18.4 Å². The van der Waals surface area contributed by atoms with Crippen LogP contribution in [0, 0.1) is 0 Å². The zero-order valence-electron chi connectivity index (χ0n) is 13.2. The van der Waals surface area contributed by atoms with Gasteiger partial charge in [-0.2, -0.15) is 11.3 Å².